The predicted molar refractivity (Wildman–Crippen MR) is 72.3 cm³/mol. The van der Waals surface area contributed by atoms with Crippen molar-refractivity contribution < 1.29 is 29.0 Å². The number of rotatable bonds is 9. The highest BCUT2D eigenvalue weighted by molar-refractivity contribution is 5.88. The Hall–Kier alpha value is -1.43. The van der Waals surface area contributed by atoms with Crippen molar-refractivity contribution in [3.05, 3.63) is 0 Å². The molecule has 1 unspecified atom stereocenters. The lowest BCUT2D eigenvalue weighted by Gasteiger charge is -2.27. The summed E-state index contributed by atoms with van der Waals surface area (Å²) in [6.45, 7) is 8.38. The Balaban J connectivity index is 4.26. The number of carboxylic acid groups (broad SMARTS) is 1. The first-order valence-corrected chi connectivity index (χ1v) is 6.65. The van der Waals surface area contributed by atoms with Crippen LogP contribution in [0.2, 0.25) is 0 Å². The normalized spacial score (nSPS) is 13.1. The van der Waals surface area contributed by atoms with Crippen molar-refractivity contribution in [1.82, 2.24) is 0 Å². The smallest absolute Gasteiger partial charge is 0.308 e. The monoisotopic (exact) mass is 288 g/mol. The van der Waals surface area contributed by atoms with Crippen LogP contribution < -0.4 is 0 Å². The van der Waals surface area contributed by atoms with Gasteiger partial charge in [0.05, 0.1) is 18.4 Å². The van der Waals surface area contributed by atoms with Gasteiger partial charge in [0, 0.05) is 6.42 Å². The van der Waals surface area contributed by atoms with E-state index in [1.807, 2.05) is 0 Å². The van der Waals surface area contributed by atoms with Crippen LogP contribution in [-0.4, -0.2) is 41.1 Å². The molecule has 0 aromatic heterocycles. The minimum Gasteiger partial charge on any atom is -0.481 e. The standard InChI is InChI=1S/C14H24O6/c1-9(2)13(18)19-8-10(3)20-14(4,5)11(15)6-7-12(16)17/h9-10H,6-8H2,1-5H3,(H,16,17). The lowest BCUT2D eigenvalue weighted by atomic mass is 9.99. The third kappa shape index (κ3) is 7.23. The lowest BCUT2D eigenvalue weighted by molar-refractivity contribution is -0.161. The van der Waals surface area contributed by atoms with Gasteiger partial charge in [-0.2, -0.15) is 0 Å². The Kier molecular flexibility index (Phi) is 7.42. The molecular formula is C14H24O6. The van der Waals surface area contributed by atoms with Crippen LogP contribution in [0.25, 0.3) is 0 Å². The van der Waals surface area contributed by atoms with Crippen LogP contribution in [0.15, 0.2) is 0 Å². The van der Waals surface area contributed by atoms with Crippen LogP contribution in [0.5, 0.6) is 0 Å². The third-order valence-corrected chi connectivity index (χ3v) is 2.66. The zero-order valence-electron chi connectivity index (χ0n) is 12.8. The zero-order valence-corrected chi connectivity index (χ0v) is 12.8. The highest BCUT2D eigenvalue weighted by Crippen LogP contribution is 2.17. The van der Waals surface area contributed by atoms with Gasteiger partial charge in [0.2, 0.25) is 0 Å². The molecule has 0 bridgehead atoms. The van der Waals surface area contributed by atoms with Crippen molar-refractivity contribution in [3.63, 3.8) is 0 Å². The third-order valence-electron chi connectivity index (χ3n) is 2.66. The van der Waals surface area contributed by atoms with E-state index < -0.39 is 17.7 Å². The minimum atomic E-state index is -1.10. The van der Waals surface area contributed by atoms with Gasteiger partial charge in [-0.05, 0) is 20.8 Å². The SMILES string of the molecule is CC(COC(=O)C(C)C)OC(C)(C)C(=O)CCC(=O)O. The molecule has 0 spiro atoms. The van der Waals surface area contributed by atoms with Crippen molar-refractivity contribution in [2.45, 2.75) is 59.2 Å². The molecule has 0 aliphatic rings. The predicted octanol–water partition coefficient (Wildman–Crippen LogP) is 1.80. The first kappa shape index (κ1) is 18.6. The summed E-state index contributed by atoms with van der Waals surface area (Å²) in [7, 11) is 0. The molecule has 0 aliphatic carbocycles. The van der Waals surface area contributed by atoms with Crippen LogP contribution in [0.3, 0.4) is 0 Å². The highest BCUT2D eigenvalue weighted by Gasteiger charge is 2.30. The molecule has 0 rings (SSSR count). The van der Waals surface area contributed by atoms with Gasteiger partial charge < -0.3 is 14.6 Å². The zero-order chi connectivity index (χ0) is 15.9. The lowest BCUT2D eigenvalue weighted by Crippen LogP contribution is -2.39. The number of ketones is 1. The number of ether oxygens (including phenoxy) is 2. The van der Waals surface area contributed by atoms with Crippen LogP contribution >= 0.6 is 0 Å². The fraction of sp³-hybridized carbons (Fsp3) is 0.786. The quantitative estimate of drug-likeness (QED) is 0.651. The van der Waals surface area contributed by atoms with Gasteiger partial charge in [-0.25, -0.2) is 0 Å². The fourth-order valence-corrected chi connectivity index (χ4v) is 1.49. The Morgan fingerprint density at radius 2 is 1.65 bits per heavy atom. The number of hydrogen-bond acceptors (Lipinski definition) is 5. The first-order valence-electron chi connectivity index (χ1n) is 6.65. The van der Waals surface area contributed by atoms with Gasteiger partial charge in [-0.1, -0.05) is 13.8 Å². The number of carboxylic acids is 1. The number of aliphatic carboxylic acids is 1. The summed E-state index contributed by atoms with van der Waals surface area (Å²) < 4.78 is 10.6. The maximum absolute atomic E-state index is 11.9. The second-order valence-electron chi connectivity index (χ2n) is 5.54. The van der Waals surface area contributed by atoms with Crippen molar-refractivity contribution in [3.8, 4) is 0 Å². The molecule has 6 heteroatoms. The number of carbonyl (C=O) groups excluding carboxylic acids is 2. The first-order chi connectivity index (χ1) is 9.06. The molecule has 1 atom stereocenters. The molecule has 0 aliphatic heterocycles. The molecule has 0 heterocycles. The summed E-state index contributed by atoms with van der Waals surface area (Å²) in [5.74, 6) is -1.85. The van der Waals surface area contributed by atoms with Crippen LogP contribution in [0, 0.1) is 5.92 Å². The van der Waals surface area contributed by atoms with E-state index in [2.05, 4.69) is 0 Å². The van der Waals surface area contributed by atoms with Crippen LogP contribution in [0.1, 0.15) is 47.5 Å². The van der Waals surface area contributed by atoms with E-state index in [4.69, 9.17) is 14.6 Å². The fourth-order valence-electron chi connectivity index (χ4n) is 1.49. The van der Waals surface area contributed by atoms with E-state index in [-0.39, 0.29) is 37.1 Å². The van der Waals surface area contributed by atoms with Gasteiger partial charge in [0.1, 0.15) is 12.2 Å². The molecule has 1 N–H and O–H groups in total. The number of hydrogen-bond donors (Lipinski definition) is 1. The molecule has 0 aromatic rings. The number of esters is 1. The summed E-state index contributed by atoms with van der Waals surface area (Å²) in [5.41, 5.74) is -1.10. The van der Waals surface area contributed by atoms with Crippen molar-refractivity contribution >= 4 is 17.7 Å². The molecular weight excluding hydrogens is 264 g/mol. The van der Waals surface area contributed by atoms with Gasteiger partial charge in [0.15, 0.2) is 5.78 Å². The van der Waals surface area contributed by atoms with Crippen molar-refractivity contribution in [2.24, 2.45) is 5.92 Å². The Morgan fingerprint density at radius 3 is 2.10 bits per heavy atom. The molecule has 20 heavy (non-hydrogen) atoms. The van der Waals surface area contributed by atoms with E-state index in [1.165, 1.54) is 0 Å². The Morgan fingerprint density at radius 1 is 1.10 bits per heavy atom. The summed E-state index contributed by atoms with van der Waals surface area (Å²) in [4.78, 5) is 33.6. The van der Waals surface area contributed by atoms with E-state index in [0.717, 1.165) is 0 Å². The minimum absolute atomic E-state index is 0.0622. The molecule has 0 fully saturated rings. The summed E-state index contributed by atoms with van der Waals surface area (Å²) in [5, 5.41) is 8.56. The topological polar surface area (TPSA) is 89.9 Å². The summed E-state index contributed by atoms with van der Waals surface area (Å²) >= 11 is 0. The molecule has 0 amide bonds. The largest absolute Gasteiger partial charge is 0.481 e. The second kappa shape index (κ2) is 7.99. The van der Waals surface area contributed by atoms with Gasteiger partial charge in [-0.3, -0.25) is 14.4 Å². The Bertz CT molecular complexity index is 359. The summed E-state index contributed by atoms with van der Waals surface area (Å²) in [6, 6.07) is 0. The van der Waals surface area contributed by atoms with E-state index in [0.29, 0.717) is 0 Å². The van der Waals surface area contributed by atoms with E-state index in [9.17, 15) is 14.4 Å². The van der Waals surface area contributed by atoms with E-state index >= 15 is 0 Å². The van der Waals surface area contributed by atoms with Crippen molar-refractivity contribution in [2.75, 3.05) is 6.61 Å². The van der Waals surface area contributed by atoms with Crippen LogP contribution in [-0.2, 0) is 23.9 Å². The maximum Gasteiger partial charge on any atom is 0.308 e. The van der Waals surface area contributed by atoms with E-state index in [1.54, 1.807) is 34.6 Å². The van der Waals surface area contributed by atoms with Gasteiger partial charge >= 0.3 is 11.9 Å². The van der Waals surface area contributed by atoms with Gasteiger partial charge in [-0.15, -0.1) is 0 Å². The number of Topliss-reactive ketones (excluding diaryl/α,β-unsaturated/α-hetero) is 1. The molecule has 0 radical (unpaired) electrons. The second-order valence-corrected chi connectivity index (χ2v) is 5.54. The average molecular weight is 288 g/mol. The maximum atomic E-state index is 11.9. The highest BCUT2D eigenvalue weighted by atomic mass is 16.6. The molecule has 0 aromatic carbocycles. The molecule has 116 valence electrons. The average Bonchev–Trinajstić information content (AvgIpc) is 2.31. The number of carbonyl (C=O) groups is 3. The Labute approximate surface area is 119 Å². The van der Waals surface area contributed by atoms with Gasteiger partial charge in [0.25, 0.3) is 0 Å². The van der Waals surface area contributed by atoms with Crippen LogP contribution in [0.4, 0.5) is 0 Å². The molecule has 0 saturated carbocycles. The molecule has 6 nitrogen and oxygen atoms in total. The molecule has 0 saturated heterocycles. The van der Waals surface area contributed by atoms with Crippen molar-refractivity contribution in [1.29, 1.82) is 0 Å². The summed E-state index contributed by atoms with van der Waals surface area (Å²) in [6.07, 6.45) is -0.745.